The van der Waals surface area contributed by atoms with E-state index in [4.69, 9.17) is 14.0 Å². The Balaban J connectivity index is 0.00000341. The molecule has 10 heteroatoms. The second-order valence-electron chi connectivity index (χ2n) is 7.17. The molecule has 1 aromatic carbocycles. The molecule has 172 valence electrons. The Morgan fingerprint density at radius 3 is 2.94 bits per heavy atom. The topological polar surface area (TPSA) is 97.0 Å². The number of nitrogens with zero attached hydrogens (tertiary/aromatic N) is 4. The van der Waals surface area contributed by atoms with Crippen LogP contribution < -0.4 is 20.3 Å². The number of rotatable bonds is 8. The third kappa shape index (κ3) is 6.96. The number of anilines is 1. The summed E-state index contributed by atoms with van der Waals surface area (Å²) in [5.74, 6) is 2.66. The van der Waals surface area contributed by atoms with Gasteiger partial charge in [0.2, 0.25) is 5.89 Å². The van der Waals surface area contributed by atoms with Gasteiger partial charge in [-0.1, -0.05) is 17.3 Å². The molecule has 2 aromatic rings. The lowest BCUT2D eigenvalue weighted by atomic mass is 10.0. The van der Waals surface area contributed by atoms with E-state index in [9.17, 15) is 0 Å². The molecule has 0 radical (unpaired) electrons. The van der Waals surface area contributed by atoms with Crippen molar-refractivity contribution >= 4 is 35.6 Å². The van der Waals surface area contributed by atoms with Gasteiger partial charge in [0, 0.05) is 32.8 Å². The molecule has 1 saturated heterocycles. The number of para-hydroxylation sites is 2. The summed E-state index contributed by atoms with van der Waals surface area (Å²) >= 11 is 0. The van der Waals surface area contributed by atoms with Gasteiger partial charge in [0.05, 0.1) is 19.3 Å². The SMILES string of the molecule is CCOC(C)c1noc(CNC(=NC)NC2CCCN(c3ccccc3OC)C2)n1.I. The maximum atomic E-state index is 5.53. The van der Waals surface area contributed by atoms with E-state index < -0.39 is 0 Å². The molecule has 3 rings (SSSR count). The average molecular weight is 544 g/mol. The number of guanidine groups is 1. The molecule has 2 heterocycles. The molecule has 9 nitrogen and oxygen atoms in total. The van der Waals surface area contributed by atoms with Crippen molar-refractivity contribution in [1.29, 1.82) is 0 Å². The first kappa shape index (κ1) is 25.2. The fourth-order valence-corrected chi connectivity index (χ4v) is 3.58. The molecule has 2 N–H and O–H groups in total. The number of piperidine rings is 1. The highest BCUT2D eigenvalue weighted by Crippen LogP contribution is 2.29. The van der Waals surface area contributed by atoms with Gasteiger partial charge in [-0.05, 0) is 38.8 Å². The van der Waals surface area contributed by atoms with Crippen LogP contribution >= 0.6 is 24.0 Å². The van der Waals surface area contributed by atoms with E-state index in [1.54, 1.807) is 14.2 Å². The van der Waals surface area contributed by atoms with Gasteiger partial charge in [0.1, 0.15) is 11.9 Å². The number of aliphatic imine (C=N–C) groups is 1. The molecule has 1 aliphatic rings. The van der Waals surface area contributed by atoms with Crippen molar-refractivity contribution < 1.29 is 14.0 Å². The molecule has 0 amide bonds. The standard InChI is InChI=1S/C21H32N6O3.HI/c1-5-29-15(2)20-25-19(30-26-20)13-23-21(22-3)24-16-9-8-12-27(14-16)17-10-6-7-11-18(17)28-4;/h6-7,10-11,15-16H,5,8-9,12-14H2,1-4H3,(H2,22,23,24);1H. The van der Waals surface area contributed by atoms with E-state index in [1.807, 2.05) is 32.0 Å². The van der Waals surface area contributed by atoms with Crippen molar-refractivity contribution in [3.8, 4) is 5.75 Å². The number of methoxy groups -OCH3 is 1. The number of ether oxygens (including phenoxy) is 2. The highest BCUT2D eigenvalue weighted by molar-refractivity contribution is 14.0. The highest BCUT2D eigenvalue weighted by Gasteiger charge is 2.23. The fourth-order valence-electron chi connectivity index (χ4n) is 3.58. The van der Waals surface area contributed by atoms with Crippen LogP contribution in [-0.4, -0.2) is 56.0 Å². The molecule has 0 spiro atoms. The number of hydrogen-bond donors (Lipinski definition) is 2. The van der Waals surface area contributed by atoms with E-state index in [-0.39, 0.29) is 36.1 Å². The molecule has 0 aliphatic carbocycles. The quantitative estimate of drug-likeness (QED) is 0.298. The smallest absolute Gasteiger partial charge is 0.246 e. The lowest BCUT2D eigenvalue weighted by Crippen LogP contribution is -2.51. The van der Waals surface area contributed by atoms with Crippen molar-refractivity contribution in [3.05, 3.63) is 36.0 Å². The number of hydrogen-bond acceptors (Lipinski definition) is 7. The van der Waals surface area contributed by atoms with Crippen LogP contribution in [0, 0.1) is 0 Å². The maximum Gasteiger partial charge on any atom is 0.246 e. The summed E-state index contributed by atoms with van der Waals surface area (Å²) in [6.07, 6.45) is 1.98. The van der Waals surface area contributed by atoms with Crippen LogP contribution in [0.3, 0.4) is 0 Å². The van der Waals surface area contributed by atoms with Gasteiger partial charge in [0.25, 0.3) is 0 Å². The first-order valence-electron chi connectivity index (χ1n) is 10.4. The first-order valence-corrected chi connectivity index (χ1v) is 10.4. The summed E-state index contributed by atoms with van der Waals surface area (Å²) < 4.78 is 16.3. The van der Waals surface area contributed by atoms with Gasteiger partial charge in [0.15, 0.2) is 11.8 Å². The van der Waals surface area contributed by atoms with Crippen molar-refractivity contribution in [2.45, 2.75) is 45.4 Å². The maximum absolute atomic E-state index is 5.53. The molecule has 1 fully saturated rings. The summed E-state index contributed by atoms with van der Waals surface area (Å²) in [7, 11) is 3.47. The summed E-state index contributed by atoms with van der Waals surface area (Å²) in [5.41, 5.74) is 1.12. The lowest BCUT2D eigenvalue weighted by Gasteiger charge is -2.36. The summed E-state index contributed by atoms with van der Waals surface area (Å²) in [4.78, 5) is 11.1. The molecular formula is C21H33IN6O3. The molecule has 0 saturated carbocycles. The van der Waals surface area contributed by atoms with E-state index in [0.29, 0.717) is 30.8 Å². The Bertz CT molecular complexity index is 831. The third-order valence-electron chi connectivity index (χ3n) is 5.08. The zero-order valence-corrected chi connectivity index (χ0v) is 21.0. The van der Waals surface area contributed by atoms with Gasteiger partial charge < -0.3 is 29.5 Å². The highest BCUT2D eigenvalue weighted by atomic mass is 127. The van der Waals surface area contributed by atoms with Crippen LogP contribution in [0.15, 0.2) is 33.8 Å². The minimum absolute atomic E-state index is 0. The first-order chi connectivity index (χ1) is 14.6. The Hall–Kier alpha value is -2.08. The number of halogens is 1. The zero-order valence-electron chi connectivity index (χ0n) is 18.6. The van der Waals surface area contributed by atoms with Crippen molar-refractivity contribution in [1.82, 2.24) is 20.8 Å². The number of nitrogens with one attached hydrogen (secondary N) is 2. The van der Waals surface area contributed by atoms with Gasteiger partial charge in [-0.2, -0.15) is 4.98 Å². The zero-order chi connectivity index (χ0) is 21.3. The molecule has 2 unspecified atom stereocenters. The van der Waals surface area contributed by atoms with E-state index in [0.717, 1.165) is 37.4 Å². The molecule has 1 aromatic heterocycles. The van der Waals surface area contributed by atoms with E-state index in [2.05, 4.69) is 36.7 Å². The van der Waals surface area contributed by atoms with Crippen LogP contribution in [0.2, 0.25) is 0 Å². The van der Waals surface area contributed by atoms with Crippen LogP contribution in [0.1, 0.15) is 44.5 Å². The van der Waals surface area contributed by atoms with Gasteiger partial charge in [-0.25, -0.2) is 0 Å². The molecule has 31 heavy (non-hydrogen) atoms. The Morgan fingerprint density at radius 1 is 1.39 bits per heavy atom. The lowest BCUT2D eigenvalue weighted by molar-refractivity contribution is 0.0683. The minimum Gasteiger partial charge on any atom is -0.495 e. The van der Waals surface area contributed by atoms with Gasteiger partial charge in [-0.3, -0.25) is 4.99 Å². The number of aromatic nitrogens is 2. The van der Waals surface area contributed by atoms with Crippen LogP contribution in [-0.2, 0) is 11.3 Å². The minimum atomic E-state index is -0.187. The van der Waals surface area contributed by atoms with Crippen molar-refractivity contribution in [3.63, 3.8) is 0 Å². The molecule has 2 atom stereocenters. The van der Waals surface area contributed by atoms with Crippen LogP contribution in [0.4, 0.5) is 5.69 Å². The number of benzene rings is 1. The molecule has 1 aliphatic heterocycles. The van der Waals surface area contributed by atoms with Crippen LogP contribution in [0.5, 0.6) is 5.75 Å². The second-order valence-corrected chi connectivity index (χ2v) is 7.17. The largest absolute Gasteiger partial charge is 0.495 e. The Kier molecular flexibility index (Phi) is 10.3. The third-order valence-corrected chi connectivity index (χ3v) is 5.08. The predicted molar refractivity (Wildman–Crippen MR) is 131 cm³/mol. The van der Waals surface area contributed by atoms with E-state index in [1.165, 1.54) is 0 Å². The second kappa shape index (κ2) is 12.7. The Morgan fingerprint density at radius 2 is 2.19 bits per heavy atom. The van der Waals surface area contributed by atoms with Crippen molar-refractivity contribution in [2.75, 3.05) is 38.8 Å². The molecule has 0 bridgehead atoms. The van der Waals surface area contributed by atoms with Gasteiger partial charge in [-0.15, -0.1) is 24.0 Å². The summed E-state index contributed by atoms with van der Waals surface area (Å²) in [6.45, 7) is 6.73. The normalized spacial score (nSPS) is 17.6. The fraction of sp³-hybridized carbons (Fsp3) is 0.571. The van der Waals surface area contributed by atoms with E-state index >= 15 is 0 Å². The average Bonchev–Trinajstić information content (AvgIpc) is 3.26. The Labute approximate surface area is 201 Å². The molecular weight excluding hydrogens is 511 g/mol. The predicted octanol–water partition coefficient (Wildman–Crippen LogP) is 3.13. The summed E-state index contributed by atoms with van der Waals surface area (Å²) in [6, 6.07) is 8.40. The van der Waals surface area contributed by atoms with Crippen molar-refractivity contribution in [2.24, 2.45) is 4.99 Å². The summed E-state index contributed by atoms with van der Waals surface area (Å²) in [5, 5.41) is 10.7. The monoisotopic (exact) mass is 544 g/mol. The van der Waals surface area contributed by atoms with Gasteiger partial charge >= 0.3 is 0 Å². The van der Waals surface area contributed by atoms with Crippen LogP contribution in [0.25, 0.3) is 0 Å².